The monoisotopic (exact) mass is 306 g/mol. The molecule has 2 aromatic rings. The quantitative estimate of drug-likeness (QED) is 0.942. The van der Waals surface area contributed by atoms with Crippen LogP contribution in [0.4, 0.5) is 0 Å². The molecule has 0 bridgehead atoms. The van der Waals surface area contributed by atoms with Gasteiger partial charge in [-0.25, -0.2) is 4.98 Å². The third-order valence-corrected chi connectivity index (χ3v) is 5.59. The Morgan fingerprint density at radius 2 is 2.05 bits per heavy atom. The molecule has 21 heavy (non-hydrogen) atoms. The first-order valence-electron chi connectivity index (χ1n) is 7.95. The van der Waals surface area contributed by atoms with Crippen molar-refractivity contribution < 1.29 is 0 Å². The summed E-state index contributed by atoms with van der Waals surface area (Å²) in [4.78, 5) is 8.36. The number of fused-ring (bicyclic) bond motifs is 1. The number of rotatable bonds is 4. The van der Waals surface area contributed by atoms with Crippen molar-refractivity contribution >= 4 is 16.3 Å². The van der Waals surface area contributed by atoms with Gasteiger partial charge in [-0.1, -0.05) is 0 Å². The smallest absolute Gasteiger partial charge is 0.194 e. The molecule has 1 N–H and O–H groups in total. The van der Waals surface area contributed by atoms with Crippen molar-refractivity contribution in [1.82, 2.24) is 19.6 Å². The molecule has 1 fully saturated rings. The Bertz CT molecular complexity index is 605. The highest BCUT2D eigenvalue weighted by atomic mass is 32.1. The molecule has 0 amide bonds. The minimum atomic E-state index is 0.642. The van der Waals surface area contributed by atoms with E-state index >= 15 is 0 Å². The van der Waals surface area contributed by atoms with Gasteiger partial charge in [-0.2, -0.15) is 0 Å². The molecule has 0 aliphatic carbocycles. The van der Waals surface area contributed by atoms with E-state index in [0.29, 0.717) is 12.1 Å². The molecule has 4 nitrogen and oxygen atoms in total. The second-order valence-corrected chi connectivity index (χ2v) is 7.26. The summed E-state index contributed by atoms with van der Waals surface area (Å²) < 4.78 is 2.30. The standard InChI is InChI=1S/C16H26N4S/c1-11(2)19-7-5-14(6-8-19)17-9-15-13(4)18-16-20(15)12(3)10-21-16/h10-11,14,17H,5-9H2,1-4H3. The lowest BCUT2D eigenvalue weighted by Gasteiger charge is -2.35. The average molecular weight is 306 g/mol. The fourth-order valence-electron chi connectivity index (χ4n) is 3.24. The summed E-state index contributed by atoms with van der Waals surface area (Å²) in [6, 6.07) is 1.32. The predicted molar refractivity (Wildman–Crippen MR) is 89.1 cm³/mol. The van der Waals surface area contributed by atoms with Gasteiger partial charge < -0.3 is 10.2 Å². The number of hydrogen-bond acceptors (Lipinski definition) is 4. The van der Waals surface area contributed by atoms with E-state index in [-0.39, 0.29) is 0 Å². The lowest BCUT2D eigenvalue weighted by molar-refractivity contribution is 0.160. The van der Waals surface area contributed by atoms with E-state index in [1.807, 2.05) is 0 Å². The van der Waals surface area contributed by atoms with Crippen molar-refractivity contribution in [3.8, 4) is 0 Å². The molecule has 3 heterocycles. The van der Waals surface area contributed by atoms with Crippen molar-refractivity contribution in [2.24, 2.45) is 0 Å². The minimum Gasteiger partial charge on any atom is -0.308 e. The minimum absolute atomic E-state index is 0.642. The zero-order chi connectivity index (χ0) is 15.0. The summed E-state index contributed by atoms with van der Waals surface area (Å²) in [5, 5.41) is 5.94. The predicted octanol–water partition coefficient (Wildman–Crippen LogP) is 2.98. The van der Waals surface area contributed by atoms with Crippen LogP contribution in [0.5, 0.6) is 0 Å². The number of hydrogen-bond donors (Lipinski definition) is 1. The van der Waals surface area contributed by atoms with Crippen molar-refractivity contribution in [1.29, 1.82) is 0 Å². The summed E-state index contributed by atoms with van der Waals surface area (Å²) in [5.41, 5.74) is 3.79. The van der Waals surface area contributed by atoms with E-state index in [1.54, 1.807) is 11.3 Å². The molecule has 0 radical (unpaired) electrons. The van der Waals surface area contributed by atoms with Gasteiger partial charge in [-0.3, -0.25) is 4.40 Å². The highest BCUT2D eigenvalue weighted by Gasteiger charge is 2.21. The first-order chi connectivity index (χ1) is 10.1. The molecule has 116 valence electrons. The molecule has 0 aromatic carbocycles. The van der Waals surface area contributed by atoms with Gasteiger partial charge in [0.2, 0.25) is 0 Å². The summed E-state index contributed by atoms with van der Waals surface area (Å²) in [6.07, 6.45) is 2.50. The zero-order valence-electron chi connectivity index (χ0n) is 13.5. The second-order valence-electron chi connectivity index (χ2n) is 6.42. The Balaban J connectivity index is 1.62. The molecule has 5 heteroatoms. The Labute approximate surface area is 131 Å². The largest absolute Gasteiger partial charge is 0.308 e. The maximum absolute atomic E-state index is 4.67. The van der Waals surface area contributed by atoms with Crippen molar-refractivity contribution in [2.45, 2.75) is 59.2 Å². The van der Waals surface area contributed by atoms with Crippen molar-refractivity contribution in [2.75, 3.05) is 13.1 Å². The third kappa shape index (κ3) is 3.00. The van der Waals surface area contributed by atoms with Crippen LogP contribution in [0.1, 0.15) is 43.8 Å². The fraction of sp³-hybridized carbons (Fsp3) is 0.688. The van der Waals surface area contributed by atoms with Crippen LogP contribution in [0.2, 0.25) is 0 Å². The number of likely N-dealkylation sites (tertiary alicyclic amines) is 1. The van der Waals surface area contributed by atoms with Crippen LogP contribution in [0.25, 0.3) is 4.96 Å². The molecule has 2 aromatic heterocycles. The van der Waals surface area contributed by atoms with Crippen LogP contribution in [0.3, 0.4) is 0 Å². The molecular weight excluding hydrogens is 280 g/mol. The molecule has 1 aliphatic rings. The fourth-order valence-corrected chi connectivity index (χ4v) is 4.17. The van der Waals surface area contributed by atoms with Crippen molar-refractivity contribution in [3.05, 3.63) is 22.5 Å². The number of nitrogens with zero attached hydrogens (tertiary/aromatic N) is 3. The average Bonchev–Trinajstić information content (AvgIpc) is 2.97. The summed E-state index contributed by atoms with van der Waals surface area (Å²) >= 11 is 1.73. The molecule has 0 spiro atoms. The van der Waals surface area contributed by atoms with Gasteiger partial charge >= 0.3 is 0 Å². The summed E-state index contributed by atoms with van der Waals surface area (Å²) in [5.74, 6) is 0. The lowest BCUT2D eigenvalue weighted by Crippen LogP contribution is -2.44. The normalized spacial score (nSPS) is 18.1. The number of imidazole rings is 1. The SMILES string of the molecule is Cc1nc2scc(C)n2c1CNC1CCN(C(C)C)CC1. The van der Waals surface area contributed by atoms with Crippen LogP contribution < -0.4 is 5.32 Å². The first-order valence-corrected chi connectivity index (χ1v) is 8.83. The molecule has 0 unspecified atom stereocenters. The van der Waals surface area contributed by atoms with E-state index in [2.05, 4.69) is 52.7 Å². The van der Waals surface area contributed by atoms with Crippen LogP contribution in [0, 0.1) is 13.8 Å². The Morgan fingerprint density at radius 1 is 1.33 bits per heavy atom. The van der Waals surface area contributed by atoms with E-state index in [4.69, 9.17) is 0 Å². The van der Waals surface area contributed by atoms with Gasteiger partial charge in [0.25, 0.3) is 0 Å². The number of piperidine rings is 1. The molecule has 1 saturated heterocycles. The molecule has 1 aliphatic heterocycles. The highest BCUT2D eigenvalue weighted by Crippen LogP contribution is 2.21. The first kappa shape index (κ1) is 15.0. The highest BCUT2D eigenvalue weighted by molar-refractivity contribution is 7.15. The second kappa shape index (κ2) is 6.07. The molecule has 3 rings (SSSR count). The van der Waals surface area contributed by atoms with Gasteiger partial charge in [0, 0.05) is 29.7 Å². The van der Waals surface area contributed by atoms with Crippen LogP contribution in [-0.4, -0.2) is 39.5 Å². The van der Waals surface area contributed by atoms with E-state index < -0.39 is 0 Å². The van der Waals surface area contributed by atoms with Crippen molar-refractivity contribution in [3.63, 3.8) is 0 Å². The topological polar surface area (TPSA) is 32.6 Å². The van der Waals surface area contributed by atoms with Crippen LogP contribution >= 0.6 is 11.3 Å². The zero-order valence-corrected chi connectivity index (χ0v) is 14.3. The van der Waals surface area contributed by atoms with E-state index in [9.17, 15) is 0 Å². The molecule has 0 saturated carbocycles. The molecule has 0 atom stereocenters. The van der Waals surface area contributed by atoms with Gasteiger partial charge in [0.05, 0.1) is 11.4 Å². The van der Waals surface area contributed by atoms with E-state index in [1.165, 1.54) is 37.3 Å². The summed E-state index contributed by atoms with van der Waals surface area (Å²) in [6.45, 7) is 12.2. The Kier molecular flexibility index (Phi) is 4.33. The Morgan fingerprint density at radius 3 is 2.71 bits per heavy atom. The number of aryl methyl sites for hydroxylation is 2. The number of aromatic nitrogens is 2. The Hall–Kier alpha value is -0.910. The van der Waals surface area contributed by atoms with Crippen LogP contribution in [0.15, 0.2) is 5.38 Å². The number of thiazole rings is 1. The summed E-state index contributed by atoms with van der Waals surface area (Å²) in [7, 11) is 0. The van der Waals surface area contributed by atoms with Gasteiger partial charge in [-0.15, -0.1) is 11.3 Å². The van der Waals surface area contributed by atoms with Gasteiger partial charge in [0.15, 0.2) is 4.96 Å². The third-order valence-electron chi connectivity index (χ3n) is 4.65. The van der Waals surface area contributed by atoms with E-state index in [0.717, 1.165) is 17.2 Å². The van der Waals surface area contributed by atoms with Gasteiger partial charge in [-0.05, 0) is 53.6 Å². The maximum atomic E-state index is 4.67. The van der Waals surface area contributed by atoms with Crippen LogP contribution in [-0.2, 0) is 6.54 Å². The maximum Gasteiger partial charge on any atom is 0.194 e. The molecular formula is C16H26N4S. The lowest BCUT2D eigenvalue weighted by atomic mass is 10.0. The van der Waals surface area contributed by atoms with Gasteiger partial charge in [0.1, 0.15) is 0 Å². The number of nitrogens with one attached hydrogen (secondary N) is 1.